The minimum atomic E-state index is 0.124. The van der Waals surface area contributed by atoms with Crippen molar-refractivity contribution in [1.82, 2.24) is 5.32 Å². The van der Waals surface area contributed by atoms with E-state index < -0.39 is 0 Å². The fraction of sp³-hybridized carbons (Fsp3) is 0.500. The average Bonchev–Trinajstić information content (AvgIpc) is 2.54. The number of hydrogen-bond donors (Lipinski definition) is 1. The minimum Gasteiger partial charge on any atom is -0.494 e. The monoisotopic (exact) mass is 235 g/mol. The van der Waals surface area contributed by atoms with Crippen LogP contribution in [0.5, 0.6) is 0 Å². The summed E-state index contributed by atoms with van der Waals surface area (Å²) in [7, 11) is 0. The van der Waals surface area contributed by atoms with Crippen LogP contribution in [0, 0.1) is 0 Å². The Balaban J connectivity index is 2.36. The summed E-state index contributed by atoms with van der Waals surface area (Å²) in [6.07, 6.45) is 9.30. The molecule has 1 rings (SSSR count). The third-order valence-corrected chi connectivity index (χ3v) is 2.54. The number of allylic oxidation sites excluding steroid dienone is 5. The van der Waals surface area contributed by atoms with E-state index in [1.807, 2.05) is 24.3 Å². The smallest absolute Gasteiger partial charge is 0.156 e. The van der Waals surface area contributed by atoms with E-state index in [4.69, 9.17) is 4.74 Å². The van der Waals surface area contributed by atoms with Gasteiger partial charge in [0.25, 0.3) is 0 Å². The average molecular weight is 235 g/mol. The SMILES string of the molecule is CCNCCCOC1=CC=C(C(C)=O)CC=C1. The van der Waals surface area contributed by atoms with Crippen molar-refractivity contribution >= 4 is 5.78 Å². The molecule has 0 bridgehead atoms. The molecule has 0 spiro atoms. The zero-order valence-corrected chi connectivity index (χ0v) is 10.7. The summed E-state index contributed by atoms with van der Waals surface area (Å²) < 4.78 is 5.62. The molecule has 1 aliphatic carbocycles. The Morgan fingerprint density at radius 1 is 1.47 bits per heavy atom. The summed E-state index contributed by atoms with van der Waals surface area (Å²) in [5.41, 5.74) is 0.826. The molecule has 0 aromatic carbocycles. The van der Waals surface area contributed by atoms with Crippen LogP contribution in [0.1, 0.15) is 26.7 Å². The predicted molar refractivity (Wildman–Crippen MR) is 69.7 cm³/mol. The molecule has 1 N–H and O–H groups in total. The fourth-order valence-corrected chi connectivity index (χ4v) is 1.53. The van der Waals surface area contributed by atoms with Crippen molar-refractivity contribution in [3.05, 3.63) is 35.6 Å². The molecule has 0 radical (unpaired) electrons. The van der Waals surface area contributed by atoms with Crippen LogP contribution in [-0.2, 0) is 9.53 Å². The maximum atomic E-state index is 11.2. The molecule has 0 aromatic rings. The fourth-order valence-electron chi connectivity index (χ4n) is 1.53. The van der Waals surface area contributed by atoms with Crippen LogP contribution in [0.25, 0.3) is 0 Å². The molecule has 0 aromatic heterocycles. The molecule has 3 heteroatoms. The second-order valence-electron chi connectivity index (χ2n) is 3.98. The van der Waals surface area contributed by atoms with Crippen LogP contribution < -0.4 is 5.32 Å². The van der Waals surface area contributed by atoms with Crippen molar-refractivity contribution < 1.29 is 9.53 Å². The van der Waals surface area contributed by atoms with Gasteiger partial charge in [-0.05, 0) is 50.6 Å². The van der Waals surface area contributed by atoms with Gasteiger partial charge in [0.15, 0.2) is 5.78 Å². The van der Waals surface area contributed by atoms with Crippen LogP contribution in [0.15, 0.2) is 35.6 Å². The van der Waals surface area contributed by atoms with Gasteiger partial charge < -0.3 is 10.1 Å². The van der Waals surface area contributed by atoms with E-state index in [2.05, 4.69) is 12.2 Å². The number of rotatable bonds is 7. The van der Waals surface area contributed by atoms with Gasteiger partial charge in [-0.3, -0.25) is 4.79 Å². The van der Waals surface area contributed by atoms with Crippen LogP contribution in [0.2, 0.25) is 0 Å². The normalized spacial score (nSPS) is 14.9. The quantitative estimate of drug-likeness (QED) is 0.688. The van der Waals surface area contributed by atoms with Gasteiger partial charge >= 0.3 is 0 Å². The number of carbonyl (C=O) groups is 1. The van der Waals surface area contributed by atoms with Crippen LogP contribution in [-0.4, -0.2) is 25.5 Å². The highest BCUT2D eigenvalue weighted by Gasteiger charge is 2.04. The van der Waals surface area contributed by atoms with Gasteiger partial charge in [0.1, 0.15) is 5.76 Å². The molecule has 0 saturated carbocycles. The second kappa shape index (κ2) is 7.85. The van der Waals surface area contributed by atoms with Crippen LogP contribution >= 0.6 is 0 Å². The zero-order valence-electron chi connectivity index (χ0n) is 10.7. The summed E-state index contributed by atoms with van der Waals surface area (Å²) in [5, 5.41) is 3.25. The predicted octanol–water partition coefficient (Wildman–Crippen LogP) is 2.36. The van der Waals surface area contributed by atoms with Crippen molar-refractivity contribution in [1.29, 1.82) is 0 Å². The van der Waals surface area contributed by atoms with E-state index in [0.29, 0.717) is 13.0 Å². The third-order valence-electron chi connectivity index (χ3n) is 2.54. The van der Waals surface area contributed by atoms with Crippen molar-refractivity contribution in [3.8, 4) is 0 Å². The molecule has 0 aliphatic heterocycles. The largest absolute Gasteiger partial charge is 0.494 e. The standard InChI is InChI=1S/C14H21NO2/c1-3-15-10-5-11-17-14-7-4-6-13(8-9-14)12(2)16/h4,7-9,15H,3,5-6,10-11H2,1-2H3. The van der Waals surface area contributed by atoms with Gasteiger partial charge in [-0.15, -0.1) is 0 Å². The minimum absolute atomic E-state index is 0.124. The number of ketones is 1. The number of hydrogen-bond acceptors (Lipinski definition) is 3. The molecule has 3 nitrogen and oxygen atoms in total. The lowest BCUT2D eigenvalue weighted by molar-refractivity contribution is -0.113. The Bertz CT molecular complexity index is 340. The zero-order chi connectivity index (χ0) is 12.5. The van der Waals surface area contributed by atoms with Crippen molar-refractivity contribution in [3.63, 3.8) is 0 Å². The third kappa shape index (κ3) is 5.50. The van der Waals surface area contributed by atoms with Crippen molar-refractivity contribution in [2.75, 3.05) is 19.7 Å². The van der Waals surface area contributed by atoms with Gasteiger partial charge in [0.05, 0.1) is 6.61 Å². The Morgan fingerprint density at radius 2 is 2.29 bits per heavy atom. The highest BCUT2D eigenvalue weighted by Crippen LogP contribution is 2.13. The molecule has 94 valence electrons. The van der Waals surface area contributed by atoms with Crippen molar-refractivity contribution in [2.45, 2.75) is 26.7 Å². The summed E-state index contributed by atoms with van der Waals surface area (Å²) in [5.74, 6) is 0.956. The van der Waals surface area contributed by atoms with Gasteiger partial charge in [-0.1, -0.05) is 19.1 Å². The van der Waals surface area contributed by atoms with Gasteiger partial charge in [0, 0.05) is 0 Å². The summed E-state index contributed by atoms with van der Waals surface area (Å²) in [4.78, 5) is 11.2. The van der Waals surface area contributed by atoms with Crippen LogP contribution in [0.3, 0.4) is 0 Å². The first kappa shape index (κ1) is 13.7. The van der Waals surface area contributed by atoms with E-state index in [9.17, 15) is 4.79 Å². The maximum Gasteiger partial charge on any atom is 0.156 e. The summed E-state index contributed by atoms with van der Waals surface area (Å²) in [6.45, 7) is 6.35. The highest BCUT2D eigenvalue weighted by molar-refractivity contribution is 5.93. The summed E-state index contributed by atoms with van der Waals surface area (Å²) >= 11 is 0. The molecule has 1 aliphatic rings. The van der Waals surface area contributed by atoms with Gasteiger partial charge in [0.2, 0.25) is 0 Å². The van der Waals surface area contributed by atoms with E-state index in [1.165, 1.54) is 0 Å². The topological polar surface area (TPSA) is 38.3 Å². The van der Waals surface area contributed by atoms with Crippen molar-refractivity contribution in [2.24, 2.45) is 0 Å². The van der Waals surface area contributed by atoms with Gasteiger partial charge in [-0.25, -0.2) is 0 Å². The Labute approximate surface area is 103 Å². The molecule has 0 fully saturated rings. The Kier molecular flexibility index (Phi) is 6.33. The highest BCUT2D eigenvalue weighted by atomic mass is 16.5. The second-order valence-corrected chi connectivity index (χ2v) is 3.98. The number of carbonyl (C=O) groups excluding carboxylic acids is 1. The molecule has 0 unspecified atom stereocenters. The summed E-state index contributed by atoms with van der Waals surface area (Å²) in [6, 6.07) is 0. The van der Waals surface area contributed by atoms with Crippen LogP contribution in [0.4, 0.5) is 0 Å². The lowest BCUT2D eigenvalue weighted by Crippen LogP contribution is -2.15. The molecule has 0 saturated heterocycles. The number of Topliss-reactive ketones (excluding diaryl/α,β-unsaturated/α-hetero) is 1. The molecule has 0 heterocycles. The first-order valence-electron chi connectivity index (χ1n) is 6.16. The Morgan fingerprint density at radius 3 is 3.00 bits per heavy atom. The number of nitrogens with one attached hydrogen (secondary N) is 1. The van der Waals surface area contributed by atoms with E-state index in [-0.39, 0.29) is 5.78 Å². The first-order valence-corrected chi connectivity index (χ1v) is 6.16. The van der Waals surface area contributed by atoms with E-state index >= 15 is 0 Å². The molecule has 17 heavy (non-hydrogen) atoms. The van der Waals surface area contributed by atoms with Gasteiger partial charge in [-0.2, -0.15) is 0 Å². The van der Waals surface area contributed by atoms with E-state index in [0.717, 1.165) is 30.8 Å². The molecule has 0 atom stereocenters. The first-order chi connectivity index (χ1) is 8.24. The number of ether oxygens (including phenoxy) is 1. The molecule has 0 amide bonds. The molecular formula is C14H21NO2. The lowest BCUT2D eigenvalue weighted by atomic mass is 10.1. The molecular weight excluding hydrogens is 214 g/mol. The van der Waals surface area contributed by atoms with E-state index in [1.54, 1.807) is 6.92 Å². The lowest BCUT2D eigenvalue weighted by Gasteiger charge is -2.06. The maximum absolute atomic E-state index is 11.2. The Hall–Kier alpha value is -1.35.